The lowest BCUT2D eigenvalue weighted by Crippen LogP contribution is -2.39. The van der Waals surface area contributed by atoms with Gasteiger partial charge in [-0.25, -0.2) is 0 Å². The van der Waals surface area contributed by atoms with Gasteiger partial charge in [-0.05, 0) is 19.3 Å². The molecule has 1 atom stereocenters. The molecule has 1 aliphatic carbocycles. The molecule has 0 saturated heterocycles. The lowest BCUT2D eigenvalue weighted by atomic mass is 10.1. The molecule has 4 heteroatoms. The van der Waals surface area contributed by atoms with E-state index in [0.29, 0.717) is 19.2 Å². The highest BCUT2D eigenvalue weighted by molar-refractivity contribution is 5.79. The lowest BCUT2D eigenvalue weighted by molar-refractivity contribution is -0.136. The van der Waals surface area contributed by atoms with Gasteiger partial charge in [0.1, 0.15) is 0 Å². The Balaban J connectivity index is 2.39. The summed E-state index contributed by atoms with van der Waals surface area (Å²) in [7, 11) is 1.64. The summed E-state index contributed by atoms with van der Waals surface area (Å²) in [6.45, 7) is 3.07. The molecular weight excluding hydrogens is 194 g/mol. The molecule has 1 fully saturated rings. The Bertz CT molecular complexity index is 204. The minimum absolute atomic E-state index is 0.00269. The monoisotopic (exact) mass is 215 g/mol. The van der Waals surface area contributed by atoms with E-state index >= 15 is 0 Å². The fraction of sp³-hybridized carbons (Fsp3) is 0.909. The van der Waals surface area contributed by atoms with Crippen LogP contribution in [-0.2, 0) is 9.53 Å². The molecule has 1 aliphatic rings. The molecule has 0 spiro atoms. The second-order valence-electron chi connectivity index (χ2n) is 4.17. The quantitative estimate of drug-likeness (QED) is 0.678. The molecule has 0 aromatic heterocycles. The summed E-state index contributed by atoms with van der Waals surface area (Å²) in [5.74, 6) is 0.153. The minimum Gasteiger partial charge on any atom is -0.395 e. The first-order valence-corrected chi connectivity index (χ1v) is 5.61. The third kappa shape index (κ3) is 3.80. The van der Waals surface area contributed by atoms with Gasteiger partial charge in [0.25, 0.3) is 0 Å². The predicted molar refractivity (Wildman–Crippen MR) is 57.5 cm³/mol. The maximum atomic E-state index is 12.0. The zero-order valence-electron chi connectivity index (χ0n) is 9.61. The van der Waals surface area contributed by atoms with Crippen molar-refractivity contribution in [1.82, 2.24) is 4.90 Å². The predicted octanol–water partition coefficient (Wildman–Crippen LogP) is 0.642. The van der Waals surface area contributed by atoms with Crippen molar-refractivity contribution in [2.45, 2.75) is 32.2 Å². The third-order valence-corrected chi connectivity index (χ3v) is 2.79. The molecule has 0 aromatic rings. The molecular formula is C11H21NO3. The number of nitrogens with zero attached hydrogens (tertiary/aromatic N) is 1. The highest BCUT2D eigenvalue weighted by atomic mass is 16.5. The molecule has 0 heterocycles. The van der Waals surface area contributed by atoms with Crippen molar-refractivity contribution in [3.05, 3.63) is 0 Å². The summed E-state index contributed by atoms with van der Waals surface area (Å²) in [5.41, 5.74) is 0. The number of rotatable bonds is 7. The van der Waals surface area contributed by atoms with E-state index in [0.717, 1.165) is 19.3 Å². The van der Waals surface area contributed by atoms with Crippen molar-refractivity contribution in [3.63, 3.8) is 0 Å². The van der Waals surface area contributed by atoms with Gasteiger partial charge in [-0.2, -0.15) is 0 Å². The van der Waals surface area contributed by atoms with E-state index in [1.165, 1.54) is 0 Å². The molecule has 0 bridgehead atoms. The van der Waals surface area contributed by atoms with Gasteiger partial charge in [-0.3, -0.25) is 4.79 Å². The molecule has 0 aliphatic heterocycles. The number of hydrogen-bond acceptors (Lipinski definition) is 3. The zero-order valence-corrected chi connectivity index (χ0v) is 9.61. The van der Waals surface area contributed by atoms with Gasteiger partial charge in [-0.15, -0.1) is 0 Å². The summed E-state index contributed by atoms with van der Waals surface area (Å²) in [4.78, 5) is 13.8. The molecule has 4 nitrogen and oxygen atoms in total. The van der Waals surface area contributed by atoms with Crippen molar-refractivity contribution in [2.75, 3.05) is 26.9 Å². The molecule has 0 aromatic carbocycles. The number of ether oxygens (including phenoxy) is 1. The van der Waals surface area contributed by atoms with Crippen LogP contribution in [0.1, 0.15) is 26.2 Å². The summed E-state index contributed by atoms with van der Waals surface area (Å²) < 4.78 is 4.96. The maximum absolute atomic E-state index is 12.0. The van der Waals surface area contributed by atoms with E-state index in [2.05, 4.69) is 0 Å². The van der Waals surface area contributed by atoms with Gasteiger partial charge >= 0.3 is 0 Å². The van der Waals surface area contributed by atoms with Crippen LogP contribution in [-0.4, -0.2) is 48.8 Å². The Morgan fingerprint density at radius 1 is 1.60 bits per heavy atom. The number of aliphatic hydroxyl groups is 1. The van der Waals surface area contributed by atoms with Crippen molar-refractivity contribution in [2.24, 2.45) is 5.92 Å². The average molecular weight is 215 g/mol. The average Bonchev–Trinajstić information content (AvgIpc) is 3.05. The number of carbonyl (C=O) groups excluding carboxylic acids is 1. The molecule has 0 radical (unpaired) electrons. The Morgan fingerprint density at radius 2 is 2.27 bits per heavy atom. The van der Waals surface area contributed by atoms with Gasteiger partial charge in [0.15, 0.2) is 0 Å². The van der Waals surface area contributed by atoms with Crippen LogP contribution >= 0.6 is 0 Å². The van der Waals surface area contributed by atoms with Crippen molar-refractivity contribution < 1.29 is 14.6 Å². The summed E-state index contributed by atoms with van der Waals surface area (Å²) in [6.07, 6.45) is 2.93. The van der Waals surface area contributed by atoms with E-state index in [-0.39, 0.29) is 18.4 Å². The summed E-state index contributed by atoms with van der Waals surface area (Å²) in [6, 6.07) is 0.384. The van der Waals surface area contributed by atoms with Crippen molar-refractivity contribution >= 4 is 5.91 Å². The molecule has 15 heavy (non-hydrogen) atoms. The summed E-state index contributed by atoms with van der Waals surface area (Å²) >= 11 is 0. The number of carbonyl (C=O) groups is 1. The number of hydrogen-bond donors (Lipinski definition) is 1. The second kappa shape index (κ2) is 6.08. The molecule has 1 rings (SSSR count). The lowest BCUT2D eigenvalue weighted by Gasteiger charge is -2.24. The Hall–Kier alpha value is -0.610. The maximum Gasteiger partial charge on any atom is 0.225 e. The van der Waals surface area contributed by atoms with Crippen LogP contribution < -0.4 is 0 Å². The third-order valence-electron chi connectivity index (χ3n) is 2.79. The van der Waals surface area contributed by atoms with Gasteiger partial charge in [0.2, 0.25) is 5.91 Å². The standard InChI is InChI=1S/C11H21NO3/c1-9(5-8-15-2)11(14)12(6-7-13)10-3-4-10/h9-10,13H,3-8H2,1-2H3. The topological polar surface area (TPSA) is 49.8 Å². The molecule has 88 valence electrons. The highest BCUT2D eigenvalue weighted by Gasteiger charge is 2.33. The molecule has 1 unspecified atom stereocenters. The Labute approximate surface area is 91.2 Å². The smallest absolute Gasteiger partial charge is 0.225 e. The fourth-order valence-corrected chi connectivity index (χ4v) is 1.67. The first-order valence-electron chi connectivity index (χ1n) is 5.61. The second-order valence-corrected chi connectivity index (χ2v) is 4.17. The largest absolute Gasteiger partial charge is 0.395 e. The van der Waals surface area contributed by atoms with Crippen LogP contribution in [0.3, 0.4) is 0 Å². The van der Waals surface area contributed by atoms with E-state index in [1.807, 2.05) is 11.8 Å². The van der Waals surface area contributed by atoms with Crippen LogP contribution in [0.2, 0.25) is 0 Å². The number of methoxy groups -OCH3 is 1. The highest BCUT2D eigenvalue weighted by Crippen LogP contribution is 2.28. The van der Waals surface area contributed by atoms with Gasteiger partial charge in [-0.1, -0.05) is 6.92 Å². The zero-order chi connectivity index (χ0) is 11.3. The number of aliphatic hydroxyl groups excluding tert-OH is 1. The minimum atomic E-state index is -0.00269. The van der Waals surface area contributed by atoms with Gasteiger partial charge < -0.3 is 14.7 Å². The fourth-order valence-electron chi connectivity index (χ4n) is 1.67. The van der Waals surface area contributed by atoms with E-state index in [1.54, 1.807) is 7.11 Å². The van der Waals surface area contributed by atoms with Gasteiger partial charge in [0.05, 0.1) is 6.61 Å². The van der Waals surface area contributed by atoms with Crippen molar-refractivity contribution in [1.29, 1.82) is 0 Å². The van der Waals surface area contributed by atoms with Gasteiger partial charge in [0, 0.05) is 32.2 Å². The Kier molecular flexibility index (Phi) is 5.05. The van der Waals surface area contributed by atoms with E-state index < -0.39 is 0 Å². The molecule has 1 saturated carbocycles. The molecule has 1 N–H and O–H groups in total. The van der Waals surface area contributed by atoms with Crippen molar-refractivity contribution in [3.8, 4) is 0 Å². The normalized spacial score (nSPS) is 17.5. The van der Waals surface area contributed by atoms with Crippen LogP contribution in [0.4, 0.5) is 0 Å². The Morgan fingerprint density at radius 3 is 2.73 bits per heavy atom. The molecule has 1 amide bonds. The van der Waals surface area contributed by atoms with Crippen LogP contribution in [0.25, 0.3) is 0 Å². The summed E-state index contributed by atoms with van der Waals surface area (Å²) in [5, 5.41) is 8.90. The van der Waals surface area contributed by atoms with E-state index in [9.17, 15) is 4.79 Å². The number of amides is 1. The van der Waals surface area contributed by atoms with Crippen LogP contribution in [0, 0.1) is 5.92 Å². The van der Waals surface area contributed by atoms with Crippen LogP contribution in [0.5, 0.6) is 0 Å². The first kappa shape index (κ1) is 12.5. The van der Waals surface area contributed by atoms with E-state index in [4.69, 9.17) is 9.84 Å². The SMILES string of the molecule is COCCC(C)C(=O)N(CCO)C1CC1. The van der Waals surface area contributed by atoms with Crippen LogP contribution in [0.15, 0.2) is 0 Å². The first-order chi connectivity index (χ1) is 7.20.